The number of benzene rings is 3. The topological polar surface area (TPSA) is 127 Å². The number of para-hydroxylation sites is 2. The molecule has 3 aromatic carbocycles. The first kappa shape index (κ1) is 22.6. The van der Waals surface area contributed by atoms with Gasteiger partial charge in [-0.15, -0.1) is 0 Å². The predicted octanol–water partition coefficient (Wildman–Crippen LogP) is 4.65. The molecule has 34 heavy (non-hydrogen) atoms. The van der Waals surface area contributed by atoms with Gasteiger partial charge in [-0.3, -0.25) is 29.8 Å². The molecule has 172 valence electrons. The van der Waals surface area contributed by atoms with Crippen molar-refractivity contribution in [3.63, 3.8) is 0 Å². The second-order valence-electron chi connectivity index (χ2n) is 7.94. The van der Waals surface area contributed by atoms with Gasteiger partial charge in [0.05, 0.1) is 27.5 Å². The van der Waals surface area contributed by atoms with Gasteiger partial charge in [0.1, 0.15) is 0 Å². The Balaban J connectivity index is 1.79. The SMILES string of the molecule is C[C@@H]1C[C@H](N(C=O)c2ccccc2)c2ccccc2N1C(=O)c1cc([N+](=O)[O-])cc([N+](=O)[O-])c1. The van der Waals surface area contributed by atoms with Crippen LogP contribution in [-0.2, 0) is 4.79 Å². The van der Waals surface area contributed by atoms with Crippen molar-refractivity contribution in [3.8, 4) is 0 Å². The van der Waals surface area contributed by atoms with Crippen LogP contribution in [0.25, 0.3) is 0 Å². The number of carbonyl (C=O) groups is 2. The minimum atomic E-state index is -0.769. The Bertz CT molecular complexity index is 1250. The summed E-state index contributed by atoms with van der Waals surface area (Å²) in [5.41, 5.74) is 0.738. The molecule has 0 radical (unpaired) electrons. The summed E-state index contributed by atoms with van der Waals surface area (Å²) in [7, 11) is 0. The zero-order chi connectivity index (χ0) is 24.4. The standard InChI is InChI=1S/C24H20N4O6/c1-16-11-23(25(15-29)18-7-3-2-4-8-18)21-9-5-6-10-22(21)26(16)24(30)17-12-19(27(31)32)14-20(13-17)28(33)34/h2-10,12-16,23H,11H2,1H3/t16-,23+/m1/s1. The second kappa shape index (κ2) is 9.10. The number of hydrogen-bond donors (Lipinski definition) is 0. The lowest BCUT2D eigenvalue weighted by atomic mass is 9.89. The highest BCUT2D eigenvalue weighted by Crippen LogP contribution is 2.42. The van der Waals surface area contributed by atoms with Gasteiger partial charge in [-0.2, -0.15) is 0 Å². The van der Waals surface area contributed by atoms with Gasteiger partial charge in [-0.1, -0.05) is 36.4 Å². The fraction of sp³-hybridized carbons (Fsp3) is 0.167. The van der Waals surface area contributed by atoms with E-state index in [-0.39, 0.29) is 11.6 Å². The van der Waals surface area contributed by atoms with Crippen molar-refractivity contribution in [1.82, 2.24) is 0 Å². The molecule has 0 aromatic heterocycles. The van der Waals surface area contributed by atoms with Gasteiger partial charge >= 0.3 is 0 Å². The fourth-order valence-electron chi connectivity index (χ4n) is 4.34. The first-order chi connectivity index (χ1) is 16.3. The van der Waals surface area contributed by atoms with E-state index >= 15 is 0 Å². The molecule has 0 saturated carbocycles. The van der Waals surface area contributed by atoms with Crippen LogP contribution in [0.5, 0.6) is 0 Å². The van der Waals surface area contributed by atoms with Gasteiger partial charge < -0.3 is 9.80 Å². The molecule has 0 spiro atoms. The largest absolute Gasteiger partial charge is 0.307 e. The molecule has 10 heteroatoms. The van der Waals surface area contributed by atoms with Crippen LogP contribution in [0.1, 0.15) is 35.3 Å². The van der Waals surface area contributed by atoms with Gasteiger partial charge in [0.2, 0.25) is 6.41 Å². The first-order valence-corrected chi connectivity index (χ1v) is 10.5. The molecule has 0 unspecified atom stereocenters. The molecule has 0 aliphatic carbocycles. The summed E-state index contributed by atoms with van der Waals surface area (Å²) in [5.74, 6) is -0.595. The van der Waals surface area contributed by atoms with E-state index in [2.05, 4.69) is 0 Å². The molecule has 4 rings (SSSR count). The maximum atomic E-state index is 13.5. The highest BCUT2D eigenvalue weighted by Gasteiger charge is 2.37. The molecule has 0 fully saturated rings. The minimum absolute atomic E-state index is 0.156. The van der Waals surface area contributed by atoms with E-state index in [1.165, 1.54) is 4.90 Å². The number of fused-ring (bicyclic) bond motifs is 1. The van der Waals surface area contributed by atoms with Crippen molar-refractivity contribution < 1.29 is 19.4 Å². The number of anilines is 2. The van der Waals surface area contributed by atoms with Crippen molar-refractivity contribution in [3.05, 3.63) is 104 Å². The van der Waals surface area contributed by atoms with Gasteiger partial charge in [-0.25, -0.2) is 0 Å². The Hall–Kier alpha value is -4.60. The van der Waals surface area contributed by atoms with E-state index < -0.39 is 33.2 Å². The lowest BCUT2D eigenvalue weighted by Gasteiger charge is -2.42. The van der Waals surface area contributed by atoms with Crippen LogP contribution >= 0.6 is 0 Å². The summed E-state index contributed by atoms with van der Waals surface area (Å²) < 4.78 is 0. The van der Waals surface area contributed by atoms with Crippen molar-refractivity contribution in [1.29, 1.82) is 0 Å². The summed E-state index contributed by atoms with van der Waals surface area (Å²) in [6, 6.07) is 18.4. The normalized spacial score (nSPS) is 16.9. The number of nitro benzene ring substituents is 2. The third-order valence-electron chi connectivity index (χ3n) is 5.85. The molecule has 1 aliphatic rings. The zero-order valence-corrected chi connectivity index (χ0v) is 18.1. The van der Waals surface area contributed by atoms with Gasteiger partial charge in [-0.05, 0) is 37.1 Å². The predicted molar refractivity (Wildman–Crippen MR) is 125 cm³/mol. The Labute approximate surface area is 194 Å². The van der Waals surface area contributed by atoms with Crippen LogP contribution in [0, 0.1) is 20.2 Å². The average Bonchev–Trinajstić information content (AvgIpc) is 2.84. The molecule has 2 atom stereocenters. The molecule has 1 heterocycles. The van der Waals surface area contributed by atoms with Crippen LogP contribution in [0.2, 0.25) is 0 Å². The van der Waals surface area contributed by atoms with Crippen molar-refractivity contribution in [2.45, 2.75) is 25.4 Å². The molecule has 10 nitrogen and oxygen atoms in total. The number of amides is 2. The van der Waals surface area contributed by atoms with Crippen LogP contribution in [0.15, 0.2) is 72.8 Å². The second-order valence-corrected chi connectivity index (χ2v) is 7.94. The minimum Gasteiger partial charge on any atom is -0.307 e. The molecule has 3 aromatic rings. The lowest BCUT2D eigenvalue weighted by Crippen LogP contribution is -2.46. The molecule has 1 aliphatic heterocycles. The van der Waals surface area contributed by atoms with Gasteiger partial charge in [0.15, 0.2) is 0 Å². The number of hydrogen-bond acceptors (Lipinski definition) is 6. The molecule has 0 N–H and O–H groups in total. The summed E-state index contributed by atoms with van der Waals surface area (Å²) in [5, 5.41) is 22.6. The molecular formula is C24H20N4O6. The summed E-state index contributed by atoms with van der Waals surface area (Å²) in [6.07, 6.45) is 1.15. The lowest BCUT2D eigenvalue weighted by molar-refractivity contribution is -0.394. The van der Waals surface area contributed by atoms with Crippen LogP contribution in [-0.4, -0.2) is 28.2 Å². The number of carbonyl (C=O) groups excluding carboxylic acids is 2. The highest BCUT2D eigenvalue weighted by atomic mass is 16.6. The third-order valence-corrected chi connectivity index (χ3v) is 5.85. The summed E-state index contributed by atoms with van der Waals surface area (Å²) >= 11 is 0. The van der Waals surface area contributed by atoms with E-state index in [1.807, 2.05) is 36.4 Å². The monoisotopic (exact) mass is 460 g/mol. The maximum Gasteiger partial charge on any atom is 0.277 e. The van der Waals surface area contributed by atoms with E-state index in [4.69, 9.17) is 0 Å². The van der Waals surface area contributed by atoms with Crippen LogP contribution < -0.4 is 9.80 Å². The molecule has 2 amide bonds. The Morgan fingerprint density at radius 2 is 1.56 bits per heavy atom. The van der Waals surface area contributed by atoms with Crippen LogP contribution in [0.3, 0.4) is 0 Å². The Morgan fingerprint density at radius 1 is 0.971 bits per heavy atom. The van der Waals surface area contributed by atoms with E-state index in [1.54, 1.807) is 30.0 Å². The zero-order valence-electron chi connectivity index (χ0n) is 18.1. The number of nitrogens with zero attached hydrogens (tertiary/aromatic N) is 4. The quantitative estimate of drug-likeness (QED) is 0.299. The summed E-state index contributed by atoms with van der Waals surface area (Å²) in [6.45, 7) is 1.81. The Kier molecular flexibility index (Phi) is 6.05. The van der Waals surface area contributed by atoms with Gasteiger partial charge in [0, 0.05) is 29.5 Å². The average molecular weight is 460 g/mol. The number of non-ortho nitro benzene ring substituents is 2. The van der Waals surface area contributed by atoms with E-state index in [0.29, 0.717) is 17.8 Å². The van der Waals surface area contributed by atoms with Crippen molar-refractivity contribution >= 4 is 35.1 Å². The van der Waals surface area contributed by atoms with Crippen LogP contribution in [0.4, 0.5) is 22.7 Å². The van der Waals surface area contributed by atoms with Crippen molar-refractivity contribution in [2.24, 2.45) is 0 Å². The third kappa shape index (κ3) is 4.08. The first-order valence-electron chi connectivity index (χ1n) is 10.5. The fourth-order valence-corrected chi connectivity index (χ4v) is 4.34. The number of nitro groups is 2. The highest BCUT2D eigenvalue weighted by molar-refractivity contribution is 6.08. The smallest absolute Gasteiger partial charge is 0.277 e. The van der Waals surface area contributed by atoms with Gasteiger partial charge in [0.25, 0.3) is 17.3 Å². The molecule has 0 bridgehead atoms. The molecule has 0 saturated heterocycles. The maximum absolute atomic E-state index is 13.5. The Morgan fingerprint density at radius 3 is 2.15 bits per heavy atom. The summed E-state index contributed by atoms with van der Waals surface area (Å²) in [4.78, 5) is 49.7. The molecular weight excluding hydrogens is 440 g/mol. The number of rotatable bonds is 6. The van der Waals surface area contributed by atoms with E-state index in [0.717, 1.165) is 30.2 Å². The van der Waals surface area contributed by atoms with Crippen molar-refractivity contribution in [2.75, 3.05) is 9.80 Å². The van der Waals surface area contributed by atoms with E-state index in [9.17, 15) is 29.8 Å².